The molecule has 1 N–H and O–H groups in total. The Kier molecular flexibility index (Phi) is 5.63. The Morgan fingerprint density at radius 1 is 1.00 bits per heavy atom. The van der Waals surface area contributed by atoms with Crippen LogP contribution in [0.5, 0.6) is 11.6 Å². The van der Waals surface area contributed by atoms with Gasteiger partial charge in [-0.15, -0.1) is 5.10 Å². The number of hydrogen-bond donors (Lipinski definition) is 1. The molecule has 0 fully saturated rings. The van der Waals surface area contributed by atoms with E-state index in [1.807, 2.05) is 13.8 Å². The lowest BCUT2D eigenvalue weighted by atomic mass is 10.1. The molecule has 11 heteroatoms. The lowest BCUT2D eigenvalue weighted by Gasteiger charge is -2.13. The molecule has 29 heavy (non-hydrogen) atoms. The van der Waals surface area contributed by atoms with Gasteiger partial charge >= 0.3 is 5.69 Å². The molecule has 0 atom stereocenters. The highest BCUT2D eigenvalue weighted by molar-refractivity contribution is 6.37. The van der Waals surface area contributed by atoms with Gasteiger partial charge in [0.2, 0.25) is 5.88 Å². The Balaban J connectivity index is 2.06. The number of hydrogen-bond acceptors (Lipinski definition) is 6. The molecule has 0 unspecified atom stereocenters. The molecular weight excluding hydrogens is 421 g/mol. The van der Waals surface area contributed by atoms with E-state index in [0.29, 0.717) is 11.1 Å². The van der Waals surface area contributed by atoms with Gasteiger partial charge in [-0.25, -0.2) is 14.2 Å². The van der Waals surface area contributed by atoms with E-state index in [-0.39, 0.29) is 38.8 Å². The molecule has 3 aromatic rings. The highest BCUT2D eigenvalue weighted by Gasteiger charge is 2.17. The number of nitrogens with one attached hydrogen (secondary N) is 1. The minimum atomic E-state index is -0.671. The molecular formula is C18H17Cl2N5O4. The van der Waals surface area contributed by atoms with Crippen LogP contribution in [-0.2, 0) is 14.1 Å². The summed E-state index contributed by atoms with van der Waals surface area (Å²) in [5.74, 6) is 0.222. The smallest absolute Gasteiger partial charge is 0.344 e. The molecule has 0 radical (unpaired) electrons. The Morgan fingerprint density at radius 2 is 1.62 bits per heavy atom. The molecule has 2 aromatic heterocycles. The number of aromatic amines is 1. The first-order chi connectivity index (χ1) is 13.6. The number of H-pyrrole nitrogens is 1. The summed E-state index contributed by atoms with van der Waals surface area (Å²) in [5, 5.41) is 8.21. The average molecular weight is 438 g/mol. The molecule has 2 heterocycles. The first-order valence-electron chi connectivity index (χ1n) is 8.51. The third-order valence-corrected chi connectivity index (χ3v) is 4.71. The number of aromatic nitrogens is 5. The van der Waals surface area contributed by atoms with Crippen molar-refractivity contribution in [1.29, 1.82) is 0 Å². The third-order valence-electron chi connectivity index (χ3n) is 4.15. The van der Waals surface area contributed by atoms with Crippen molar-refractivity contribution in [3.8, 4) is 22.9 Å². The van der Waals surface area contributed by atoms with Crippen LogP contribution in [0.15, 0.2) is 32.6 Å². The molecule has 0 aliphatic heterocycles. The standard InChI is InChI=1S/C18H17Cl2N5O4/c1-8(2)10-7-13(22-24(3)17(10)27)29-15-11(19)5-9(6-12(15)20)14-16(26)21-18(28)25(4)23-14/h5-8H,1-4H3,(H,21,26,28). The average Bonchev–Trinajstić information content (AvgIpc) is 2.63. The minimum absolute atomic E-state index is 0.0234. The van der Waals surface area contributed by atoms with Crippen molar-refractivity contribution in [1.82, 2.24) is 24.5 Å². The molecule has 3 rings (SSSR count). The topological polar surface area (TPSA) is 112 Å². The molecule has 152 valence electrons. The molecule has 0 bridgehead atoms. The number of ether oxygens (including phenoxy) is 1. The van der Waals surface area contributed by atoms with Crippen molar-refractivity contribution in [2.24, 2.45) is 14.1 Å². The van der Waals surface area contributed by atoms with Crippen LogP contribution >= 0.6 is 23.2 Å². The number of benzene rings is 1. The quantitative estimate of drug-likeness (QED) is 0.670. The van der Waals surface area contributed by atoms with Crippen molar-refractivity contribution in [2.45, 2.75) is 19.8 Å². The molecule has 9 nitrogen and oxygen atoms in total. The van der Waals surface area contributed by atoms with E-state index in [9.17, 15) is 14.4 Å². The predicted octanol–water partition coefficient (Wildman–Crippen LogP) is 2.45. The zero-order chi connectivity index (χ0) is 21.5. The van der Waals surface area contributed by atoms with E-state index in [1.54, 1.807) is 0 Å². The summed E-state index contributed by atoms with van der Waals surface area (Å²) in [6.07, 6.45) is 0. The van der Waals surface area contributed by atoms with E-state index in [1.165, 1.54) is 37.0 Å². The first-order valence-corrected chi connectivity index (χ1v) is 9.27. The molecule has 0 saturated heterocycles. The number of halogens is 2. The van der Waals surface area contributed by atoms with Crippen molar-refractivity contribution >= 4 is 23.2 Å². The van der Waals surface area contributed by atoms with Gasteiger partial charge in [-0.3, -0.25) is 14.6 Å². The Labute approximate surface area is 174 Å². The van der Waals surface area contributed by atoms with Crippen LogP contribution in [0, 0.1) is 0 Å². The van der Waals surface area contributed by atoms with Crippen LogP contribution in [0.3, 0.4) is 0 Å². The van der Waals surface area contributed by atoms with E-state index in [0.717, 1.165) is 4.68 Å². The summed E-state index contributed by atoms with van der Waals surface area (Å²) in [5.41, 5.74) is -0.722. The maximum atomic E-state index is 12.2. The Bertz CT molecular complexity index is 1250. The second kappa shape index (κ2) is 7.84. The van der Waals surface area contributed by atoms with Crippen LogP contribution in [0.2, 0.25) is 10.0 Å². The zero-order valence-corrected chi connectivity index (χ0v) is 17.5. The second-order valence-corrected chi connectivity index (χ2v) is 7.44. The third kappa shape index (κ3) is 4.10. The van der Waals surface area contributed by atoms with Gasteiger partial charge in [0.1, 0.15) is 0 Å². The summed E-state index contributed by atoms with van der Waals surface area (Å²) in [6.45, 7) is 3.76. The number of rotatable bonds is 4. The lowest BCUT2D eigenvalue weighted by Crippen LogP contribution is -2.31. The van der Waals surface area contributed by atoms with Gasteiger partial charge in [-0.1, -0.05) is 37.0 Å². The van der Waals surface area contributed by atoms with Crippen molar-refractivity contribution in [2.75, 3.05) is 0 Å². The normalized spacial score (nSPS) is 11.1. The molecule has 0 saturated carbocycles. The van der Waals surface area contributed by atoms with E-state index < -0.39 is 11.2 Å². The minimum Gasteiger partial charge on any atom is -0.434 e. The van der Waals surface area contributed by atoms with Crippen LogP contribution < -0.4 is 21.5 Å². The van der Waals surface area contributed by atoms with Gasteiger partial charge in [0, 0.05) is 31.3 Å². The largest absolute Gasteiger partial charge is 0.434 e. The van der Waals surface area contributed by atoms with Gasteiger partial charge < -0.3 is 4.74 Å². The first kappa shape index (κ1) is 20.8. The fourth-order valence-corrected chi connectivity index (χ4v) is 3.20. The summed E-state index contributed by atoms with van der Waals surface area (Å²) >= 11 is 12.6. The fraction of sp³-hybridized carbons (Fsp3) is 0.278. The molecule has 0 aliphatic carbocycles. The van der Waals surface area contributed by atoms with Gasteiger partial charge in [0.05, 0.1) is 10.0 Å². The predicted molar refractivity (Wildman–Crippen MR) is 109 cm³/mol. The SMILES string of the molecule is CC(C)c1cc(Oc2c(Cl)cc(-c3nn(C)c(=O)[nH]c3=O)cc2Cl)nn(C)c1=O. The maximum Gasteiger partial charge on any atom is 0.344 e. The van der Waals surface area contributed by atoms with Crippen molar-refractivity contribution in [3.05, 3.63) is 65.0 Å². The Hall–Kier alpha value is -2.91. The summed E-state index contributed by atoms with van der Waals surface area (Å²) in [4.78, 5) is 37.9. The van der Waals surface area contributed by atoms with Crippen LogP contribution in [-0.4, -0.2) is 24.5 Å². The summed E-state index contributed by atoms with van der Waals surface area (Å²) in [6, 6.07) is 4.42. The summed E-state index contributed by atoms with van der Waals surface area (Å²) in [7, 11) is 2.92. The van der Waals surface area contributed by atoms with Crippen molar-refractivity contribution < 1.29 is 4.74 Å². The molecule has 0 amide bonds. The van der Waals surface area contributed by atoms with E-state index >= 15 is 0 Å². The van der Waals surface area contributed by atoms with Crippen molar-refractivity contribution in [3.63, 3.8) is 0 Å². The highest BCUT2D eigenvalue weighted by atomic mass is 35.5. The second-order valence-electron chi connectivity index (χ2n) is 6.62. The van der Waals surface area contributed by atoms with Crippen LogP contribution in [0.4, 0.5) is 0 Å². The molecule has 0 spiro atoms. The van der Waals surface area contributed by atoms with Gasteiger partial charge in [0.25, 0.3) is 11.1 Å². The molecule has 0 aliphatic rings. The van der Waals surface area contributed by atoms with Crippen LogP contribution in [0.1, 0.15) is 25.3 Å². The van der Waals surface area contributed by atoms with Gasteiger partial charge in [-0.05, 0) is 18.1 Å². The molecule has 1 aromatic carbocycles. The zero-order valence-electron chi connectivity index (χ0n) is 16.0. The van der Waals surface area contributed by atoms with E-state index in [2.05, 4.69) is 15.2 Å². The fourth-order valence-electron chi connectivity index (χ4n) is 2.63. The monoisotopic (exact) mass is 437 g/mol. The summed E-state index contributed by atoms with van der Waals surface area (Å²) < 4.78 is 7.90. The highest BCUT2D eigenvalue weighted by Crippen LogP contribution is 2.38. The number of aryl methyl sites for hydroxylation is 2. The lowest BCUT2D eigenvalue weighted by molar-refractivity contribution is 0.437. The Morgan fingerprint density at radius 3 is 2.21 bits per heavy atom. The van der Waals surface area contributed by atoms with E-state index in [4.69, 9.17) is 27.9 Å². The number of nitrogens with zero attached hydrogens (tertiary/aromatic N) is 4. The maximum absolute atomic E-state index is 12.2. The van der Waals surface area contributed by atoms with Crippen LogP contribution in [0.25, 0.3) is 11.3 Å². The van der Waals surface area contributed by atoms with Gasteiger partial charge in [0.15, 0.2) is 11.4 Å². The van der Waals surface area contributed by atoms with Gasteiger partial charge in [-0.2, -0.15) is 5.10 Å².